The maximum absolute atomic E-state index is 8.74. The molecule has 0 bridgehead atoms. The van der Waals surface area contributed by atoms with E-state index in [2.05, 4.69) is 0 Å². The Morgan fingerprint density at radius 2 is 0.769 bits per heavy atom. The van der Waals surface area contributed by atoms with Crippen molar-refractivity contribution in [2.75, 3.05) is 0 Å². The molecule has 14 N–H and O–H groups in total. The average molecular weight is 298 g/mol. The van der Waals surface area contributed by atoms with E-state index < -0.39 is 10.4 Å². The van der Waals surface area contributed by atoms with E-state index in [1.807, 2.05) is 0 Å². The minimum absolute atomic E-state index is 0. The molecule has 0 amide bonds. The summed E-state index contributed by atoms with van der Waals surface area (Å²) in [6, 6.07) is 0. The van der Waals surface area contributed by atoms with Gasteiger partial charge in [-0.2, -0.15) is 8.42 Å². The Morgan fingerprint density at radius 3 is 0.769 bits per heavy atom. The largest absolute Gasteiger partial charge is 1.00 e. The molecule has 13 heteroatoms. The summed E-state index contributed by atoms with van der Waals surface area (Å²) in [6.07, 6.45) is 0. The van der Waals surface area contributed by atoms with E-state index in [-0.39, 0.29) is 103 Å². The van der Waals surface area contributed by atoms with E-state index in [1.54, 1.807) is 0 Å². The van der Waals surface area contributed by atoms with Gasteiger partial charge in [0, 0.05) is 17.4 Å². The van der Waals surface area contributed by atoms with Crippen molar-refractivity contribution in [2.45, 2.75) is 0 Å². The normalized spacial score (nSPS) is 4.46. The minimum atomic E-state index is -4.67. The molecule has 13 heavy (non-hydrogen) atoms. The van der Waals surface area contributed by atoms with Crippen molar-refractivity contribution in [3.05, 3.63) is 0 Å². The molecule has 0 heterocycles. The molecule has 0 saturated heterocycles. The van der Waals surface area contributed by atoms with Crippen molar-refractivity contribution < 1.29 is 121 Å². The smallest absolute Gasteiger partial charge is 1.00 e. The zero-order valence-electron chi connectivity index (χ0n) is 7.53. The molecule has 0 aromatic carbocycles. The Bertz CT molecular complexity index is 103. The third kappa shape index (κ3) is 594. The number of hydrogen-bond donors (Lipinski definition) is 2. The van der Waals surface area contributed by atoms with Crippen molar-refractivity contribution in [1.29, 1.82) is 0 Å². The third-order valence-corrected chi connectivity index (χ3v) is 0. The van der Waals surface area contributed by atoms with Gasteiger partial charge in [-0.1, -0.05) is 0 Å². The van der Waals surface area contributed by atoms with Gasteiger partial charge in [-0.25, -0.2) is 0 Å². The number of hydrogen-bond acceptors (Lipinski definition) is 2. The van der Waals surface area contributed by atoms with Crippen LogP contribution in [0.1, 0.15) is 1.43 Å². The first-order chi connectivity index (χ1) is 2.00. The molecule has 0 aromatic rings. The van der Waals surface area contributed by atoms with Crippen molar-refractivity contribution in [3.63, 3.8) is 0 Å². The number of rotatable bonds is 0. The van der Waals surface area contributed by atoms with E-state index in [0.717, 1.165) is 0 Å². The van der Waals surface area contributed by atoms with Crippen LogP contribution in [0.15, 0.2) is 0 Å². The topological polar surface area (TPSA) is 264 Å². The molecule has 0 fully saturated rings. The molecule has 0 aliphatic heterocycles. The molecule has 0 radical (unpaired) electrons. The molecular weight excluding hydrogens is 283 g/mol. The Hall–Kier alpha value is 1.80. The minimum Gasteiger partial charge on any atom is -1.00 e. The Balaban J connectivity index is -0.00000000222. The molecule has 0 aromatic heterocycles. The van der Waals surface area contributed by atoms with Gasteiger partial charge in [0.05, 0.1) is 0 Å². The summed E-state index contributed by atoms with van der Waals surface area (Å²) in [7, 11) is -4.67. The molecule has 10 nitrogen and oxygen atoms in total. The molecule has 0 unspecified atom stereocenters. The molecule has 0 spiro atoms. The molecule has 0 rings (SSSR count). The Kier molecular flexibility index (Phi) is 240. The second-order valence-electron chi connectivity index (χ2n) is 0.448. The Labute approximate surface area is 129 Å². The van der Waals surface area contributed by atoms with Crippen LogP contribution in [-0.2, 0) is 27.8 Å². The van der Waals surface area contributed by atoms with Gasteiger partial charge in [0.25, 0.3) is 0 Å². The van der Waals surface area contributed by atoms with E-state index in [9.17, 15) is 0 Å². The van der Waals surface area contributed by atoms with Crippen LogP contribution in [0.2, 0.25) is 0 Å². The van der Waals surface area contributed by atoms with E-state index in [0.29, 0.717) is 0 Å². The predicted octanol–water partition coefficient (Wildman–Crippen LogP) is -8.49. The van der Waals surface area contributed by atoms with E-state index >= 15 is 0 Å². The fraction of sp³-hybridized carbons (Fsp3) is 0. The Morgan fingerprint density at radius 1 is 0.769 bits per heavy atom. The zero-order chi connectivity index (χ0) is 4.50. The van der Waals surface area contributed by atoms with Crippen LogP contribution in [-0.4, -0.2) is 50.4 Å². The quantitative estimate of drug-likeness (QED) is 0.325. The van der Waals surface area contributed by atoms with Gasteiger partial charge in [0.15, 0.2) is 0 Å². The predicted molar refractivity (Wildman–Crippen MR) is 37.0 cm³/mol. The molecule has 0 atom stereocenters. The maximum atomic E-state index is 8.74. The van der Waals surface area contributed by atoms with Gasteiger partial charge >= 0.3 is 61.8 Å². The fourth-order valence-corrected chi connectivity index (χ4v) is 0. The molecule has 0 saturated carbocycles. The molecule has 0 aliphatic carbocycles. The second-order valence-corrected chi connectivity index (χ2v) is 1.34. The summed E-state index contributed by atoms with van der Waals surface area (Å²) < 4.78 is 31.6. The van der Waals surface area contributed by atoms with Gasteiger partial charge in [-0.15, -0.1) is 0 Å². The molecule has 88 valence electrons. The van der Waals surface area contributed by atoms with Crippen LogP contribution in [0.25, 0.3) is 0 Å². The van der Waals surface area contributed by atoms with Crippen LogP contribution in [0, 0.1) is 0 Å². The summed E-state index contributed by atoms with van der Waals surface area (Å²) >= 11 is 0. The van der Waals surface area contributed by atoms with Crippen molar-refractivity contribution >= 4 is 10.4 Å². The van der Waals surface area contributed by atoms with Gasteiger partial charge < -0.3 is 34.3 Å². The first-order valence-corrected chi connectivity index (χ1v) is 2.10. The van der Waals surface area contributed by atoms with Crippen LogP contribution in [0.4, 0.5) is 0 Å². The SMILES string of the molecule is O.O.O.O.O.O.O=S(=O)(O)O.[Cr].[H-].[K+]. The van der Waals surface area contributed by atoms with Crippen molar-refractivity contribution in [3.8, 4) is 0 Å². The van der Waals surface area contributed by atoms with Crippen LogP contribution < -0.4 is 51.4 Å². The summed E-state index contributed by atoms with van der Waals surface area (Å²) in [6.45, 7) is 0. The first kappa shape index (κ1) is 83.8. The standard InChI is InChI=1S/Cr.K.H2O4S.6H2O.H/c;;1-5(2,3)4;;;;;;;/h;;(H2,1,2,3,4);6*1H2;/q;+1;;;;;;;;-1. The fourth-order valence-electron chi connectivity index (χ4n) is 0. The van der Waals surface area contributed by atoms with Gasteiger partial charge in [0.1, 0.15) is 0 Å². The van der Waals surface area contributed by atoms with E-state index in [1.165, 1.54) is 0 Å². The van der Waals surface area contributed by atoms with Crippen LogP contribution in [0.3, 0.4) is 0 Å². The summed E-state index contributed by atoms with van der Waals surface area (Å²) in [5.41, 5.74) is 0. The van der Waals surface area contributed by atoms with Crippen molar-refractivity contribution in [1.82, 2.24) is 0 Å². The van der Waals surface area contributed by atoms with Gasteiger partial charge in [-0.3, -0.25) is 9.11 Å². The second kappa shape index (κ2) is 37.2. The maximum Gasteiger partial charge on any atom is 1.00 e. The summed E-state index contributed by atoms with van der Waals surface area (Å²) in [5.74, 6) is 0. The van der Waals surface area contributed by atoms with Crippen molar-refractivity contribution in [2.24, 2.45) is 0 Å². The summed E-state index contributed by atoms with van der Waals surface area (Å²) in [5, 5.41) is 0. The van der Waals surface area contributed by atoms with Gasteiger partial charge in [-0.05, 0) is 0 Å². The van der Waals surface area contributed by atoms with Crippen LogP contribution >= 0.6 is 0 Å². The zero-order valence-corrected chi connectivity index (χ0v) is 11.7. The van der Waals surface area contributed by atoms with Crippen LogP contribution in [0.5, 0.6) is 0 Å². The van der Waals surface area contributed by atoms with Gasteiger partial charge in [0.2, 0.25) is 0 Å². The molecular formula is H15CrKO10S. The third-order valence-electron chi connectivity index (χ3n) is 0. The first-order valence-electron chi connectivity index (χ1n) is 0.698. The average Bonchev–Trinajstić information content (AvgIpc) is 0.722. The monoisotopic (exact) mass is 298 g/mol. The molecule has 0 aliphatic rings. The van der Waals surface area contributed by atoms with E-state index in [4.69, 9.17) is 17.5 Å². The summed E-state index contributed by atoms with van der Waals surface area (Å²) in [4.78, 5) is 0.